The summed E-state index contributed by atoms with van der Waals surface area (Å²) >= 11 is 0. The molecular weight excluding hydrogens is 358 g/mol. The molecule has 0 aromatic heterocycles. The number of nitrogens with zero attached hydrogens (tertiary/aromatic N) is 1. The zero-order chi connectivity index (χ0) is 19.5. The van der Waals surface area contributed by atoms with E-state index in [1.807, 2.05) is 13.8 Å². The smallest absolute Gasteiger partial charge is 0.261 e. The number of imide groups is 1. The number of hydrazine groups is 1. The Bertz CT molecular complexity index is 784. The molecule has 0 aliphatic carbocycles. The average molecular weight is 381 g/mol. The Balaban J connectivity index is 1.88. The van der Waals surface area contributed by atoms with Gasteiger partial charge in [0.05, 0.1) is 11.1 Å². The van der Waals surface area contributed by atoms with Crippen molar-refractivity contribution in [2.45, 2.75) is 25.5 Å². The molecule has 1 aromatic carbocycles. The summed E-state index contributed by atoms with van der Waals surface area (Å²) < 4.78 is 23.6. The van der Waals surface area contributed by atoms with E-state index in [0.717, 1.165) is 11.2 Å². The summed E-state index contributed by atoms with van der Waals surface area (Å²) in [7, 11) is -3.54. The van der Waals surface area contributed by atoms with Crippen LogP contribution in [0.15, 0.2) is 24.3 Å². The third kappa shape index (κ3) is 4.47. The Hall–Kier alpha value is -2.26. The third-order valence-electron chi connectivity index (χ3n) is 4.04. The van der Waals surface area contributed by atoms with Crippen molar-refractivity contribution in [1.82, 2.24) is 15.8 Å². The van der Waals surface area contributed by atoms with Gasteiger partial charge in [0.2, 0.25) is 0 Å². The first-order valence-electron chi connectivity index (χ1n) is 8.29. The highest BCUT2D eigenvalue weighted by molar-refractivity contribution is 7.92. The lowest BCUT2D eigenvalue weighted by Gasteiger charge is -2.18. The number of carbonyl (C=O) groups excluding carboxylic acids is 3. The minimum Gasteiger partial charge on any atom is -0.290 e. The molecule has 1 aromatic rings. The number of sulfone groups is 1. The Labute approximate surface area is 152 Å². The quantitative estimate of drug-likeness (QED) is 0.382. The molecule has 1 heterocycles. The molecule has 2 rings (SSSR count). The second-order valence-electron chi connectivity index (χ2n) is 6.67. The molecule has 0 spiro atoms. The number of hydrogen-bond donors (Lipinski definition) is 2. The molecule has 0 saturated heterocycles. The highest BCUT2D eigenvalue weighted by Gasteiger charge is 2.34. The molecule has 142 valence electrons. The molecule has 0 fully saturated rings. The molecule has 1 aliphatic heterocycles. The van der Waals surface area contributed by atoms with Crippen LogP contribution in [0.5, 0.6) is 0 Å². The zero-order valence-electron chi connectivity index (χ0n) is 15.0. The minimum atomic E-state index is -3.54. The molecule has 1 aliphatic rings. The summed E-state index contributed by atoms with van der Waals surface area (Å²) in [5.74, 6) is -1.37. The van der Waals surface area contributed by atoms with Crippen LogP contribution in [0.1, 0.15) is 41.0 Å². The Morgan fingerprint density at radius 3 is 2.12 bits per heavy atom. The van der Waals surface area contributed by atoms with E-state index in [0.29, 0.717) is 11.1 Å². The van der Waals surface area contributed by atoms with E-state index in [2.05, 4.69) is 10.9 Å². The number of rotatable bonds is 8. The van der Waals surface area contributed by atoms with Crippen LogP contribution in [0, 0.1) is 5.92 Å². The fourth-order valence-corrected chi connectivity index (χ4v) is 3.93. The molecule has 0 radical (unpaired) electrons. The van der Waals surface area contributed by atoms with Gasteiger partial charge >= 0.3 is 0 Å². The van der Waals surface area contributed by atoms with E-state index in [-0.39, 0.29) is 37.2 Å². The minimum absolute atomic E-state index is 0.0406. The lowest BCUT2D eigenvalue weighted by molar-refractivity contribution is -0.121. The fourth-order valence-electron chi connectivity index (χ4n) is 2.74. The van der Waals surface area contributed by atoms with Gasteiger partial charge in [0.15, 0.2) is 9.84 Å². The fraction of sp³-hybridized carbons (Fsp3) is 0.471. The molecule has 0 bridgehead atoms. The molecule has 1 atom stereocenters. The van der Waals surface area contributed by atoms with Gasteiger partial charge in [-0.2, -0.15) is 0 Å². The zero-order valence-corrected chi connectivity index (χ0v) is 15.8. The van der Waals surface area contributed by atoms with Crippen molar-refractivity contribution < 1.29 is 22.8 Å². The van der Waals surface area contributed by atoms with Crippen molar-refractivity contribution in [1.29, 1.82) is 0 Å². The van der Waals surface area contributed by atoms with Gasteiger partial charge < -0.3 is 0 Å². The predicted molar refractivity (Wildman–Crippen MR) is 96.0 cm³/mol. The standard InChI is InChI=1S/C17H23N3O5S/c1-11(2)10-14(26(3,24)25)15(21)19-18-8-9-20-16(22)12-6-4-5-7-13(12)17(20)23/h4-7,11,14,18H,8-10H2,1-3H3,(H,19,21). The molecule has 26 heavy (non-hydrogen) atoms. The Kier molecular flexibility index (Phi) is 6.14. The molecule has 1 unspecified atom stereocenters. The van der Waals surface area contributed by atoms with Crippen molar-refractivity contribution >= 4 is 27.6 Å². The number of benzene rings is 1. The molecule has 8 nitrogen and oxygen atoms in total. The van der Waals surface area contributed by atoms with E-state index in [4.69, 9.17) is 0 Å². The van der Waals surface area contributed by atoms with Crippen molar-refractivity contribution in [3.8, 4) is 0 Å². The summed E-state index contributed by atoms with van der Waals surface area (Å²) in [6.07, 6.45) is 1.24. The normalized spacial score (nSPS) is 15.3. The summed E-state index contributed by atoms with van der Waals surface area (Å²) in [6, 6.07) is 6.55. The SMILES string of the molecule is CC(C)CC(C(=O)NNCCN1C(=O)c2ccccc2C1=O)S(C)(=O)=O. The van der Waals surface area contributed by atoms with Crippen LogP contribution < -0.4 is 10.9 Å². The number of hydrogen-bond acceptors (Lipinski definition) is 6. The molecule has 0 saturated carbocycles. The summed E-state index contributed by atoms with van der Waals surface area (Å²) in [4.78, 5) is 37.6. The molecule has 9 heteroatoms. The van der Waals surface area contributed by atoms with Gasteiger partial charge in [0, 0.05) is 19.3 Å². The maximum Gasteiger partial charge on any atom is 0.261 e. The van der Waals surface area contributed by atoms with E-state index in [1.54, 1.807) is 24.3 Å². The number of fused-ring (bicyclic) bond motifs is 1. The third-order valence-corrected chi connectivity index (χ3v) is 5.49. The van der Waals surface area contributed by atoms with Crippen LogP contribution in [0.3, 0.4) is 0 Å². The van der Waals surface area contributed by atoms with Gasteiger partial charge in [-0.15, -0.1) is 0 Å². The van der Waals surface area contributed by atoms with Crippen LogP contribution in [0.2, 0.25) is 0 Å². The molecule has 2 N–H and O–H groups in total. The van der Waals surface area contributed by atoms with Gasteiger partial charge in [-0.1, -0.05) is 26.0 Å². The number of carbonyl (C=O) groups is 3. The maximum atomic E-state index is 12.2. The van der Waals surface area contributed by atoms with Crippen LogP contribution >= 0.6 is 0 Å². The molecular formula is C17H23N3O5S. The Morgan fingerprint density at radius 1 is 1.12 bits per heavy atom. The van der Waals surface area contributed by atoms with Crippen molar-refractivity contribution in [2.24, 2.45) is 5.92 Å². The van der Waals surface area contributed by atoms with Gasteiger partial charge in [-0.05, 0) is 24.5 Å². The highest BCUT2D eigenvalue weighted by atomic mass is 32.2. The lowest BCUT2D eigenvalue weighted by atomic mass is 10.1. The topological polar surface area (TPSA) is 113 Å². The van der Waals surface area contributed by atoms with Crippen molar-refractivity contribution in [2.75, 3.05) is 19.3 Å². The summed E-state index contributed by atoms with van der Waals surface area (Å²) in [5, 5.41) is -1.14. The second-order valence-corrected chi connectivity index (χ2v) is 8.90. The van der Waals surface area contributed by atoms with Crippen LogP contribution in [-0.2, 0) is 14.6 Å². The van der Waals surface area contributed by atoms with Crippen LogP contribution in [0.25, 0.3) is 0 Å². The monoisotopic (exact) mass is 381 g/mol. The lowest BCUT2D eigenvalue weighted by Crippen LogP contribution is -2.49. The van der Waals surface area contributed by atoms with Gasteiger partial charge in [-0.25, -0.2) is 13.8 Å². The van der Waals surface area contributed by atoms with E-state index < -0.39 is 21.0 Å². The van der Waals surface area contributed by atoms with E-state index in [1.165, 1.54) is 0 Å². The maximum absolute atomic E-state index is 12.2. The average Bonchev–Trinajstić information content (AvgIpc) is 2.80. The van der Waals surface area contributed by atoms with Gasteiger partial charge in [0.25, 0.3) is 17.7 Å². The second kappa shape index (κ2) is 7.96. The van der Waals surface area contributed by atoms with Gasteiger partial charge in [0.1, 0.15) is 5.25 Å². The predicted octanol–water partition coefficient (Wildman–Crippen LogP) is 0.363. The first-order valence-corrected chi connectivity index (χ1v) is 10.2. The van der Waals surface area contributed by atoms with Crippen LogP contribution in [-0.4, -0.2) is 55.6 Å². The van der Waals surface area contributed by atoms with E-state index >= 15 is 0 Å². The van der Waals surface area contributed by atoms with E-state index in [9.17, 15) is 22.8 Å². The summed E-state index contributed by atoms with van der Waals surface area (Å²) in [6.45, 7) is 3.83. The van der Waals surface area contributed by atoms with Gasteiger partial charge in [-0.3, -0.25) is 24.7 Å². The van der Waals surface area contributed by atoms with Crippen molar-refractivity contribution in [3.63, 3.8) is 0 Å². The van der Waals surface area contributed by atoms with Crippen LogP contribution in [0.4, 0.5) is 0 Å². The number of nitrogens with one attached hydrogen (secondary N) is 2. The highest BCUT2D eigenvalue weighted by Crippen LogP contribution is 2.21. The largest absolute Gasteiger partial charge is 0.290 e. The first-order chi connectivity index (χ1) is 12.1. The van der Waals surface area contributed by atoms with Crippen molar-refractivity contribution in [3.05, 3.63) is 35.4 Å². The summed E-state index contributed by atoms with van der Waals surface area (Å²) in [5.41, 5.74) is 5.66. The molecule has 3 amide bonds. The number of amides is 3. The first kappa shape index (κ1) is 20.1. The Morgan fingerprint density at radius 2 is 1.65 bits per heavy atom.